The Morgan fingerprint density at radius 2 is 2.14 bits per heavy atom. The summed E-state index contributed by atoms with van der Waals surface area (Å²) in [5.74, 6) is -0.299. The van der Waals surface area contributed by atoms with Crippen LogP contribution in [-0.2, 0) is 19.0 Å². The minimum atomic E-state index is -0.299. The summed E-state index contributed by atoms with van der Waals surface area (Å²) in [5, 5.41) is 0. The summed E-state index contributed by atoms with van der Waals surface area (Å²) in [6, 6.07) is 0. The van der Waals surface area contributed by atoms with Gasteiger partial charge in [-0.25, -0.2) is 0 Å². The molecule has 0 N–H and O–H groups in total. The fourth-order valence-corrected chi connectivity index (χ4v) is 2.01. The first-order valence-electron chi connectivity index (χ1n) is 7.33. The maximum absolute atomic E-state index is 11.3. The summed E-state index contributed by atoms with van der Waals surface area (Å²) in [6.07, 6.45) is 3.54. The van der Waals surface area contributed by atoms with E-state index in [2.05, 4.69) is 14.6 Å². The molecule has 0 radical (unpaired) electrons. The summed E-state index contributed by atoms with van der Waals surface area (Å²) < 4.78 is 15.6. The normalized spacial score (nSPS) is 18.9. The van der Waals surface area contributed by atoms with E-state index in [-0.39, 0.29) is 18.6 Å². The zero-order valence-corrected chi connectivity index (χ0v) is 13.2. The van der Waals surface area contributed by atoms with E-state index in [0.717, 1.165) is 32.8 Å². The van der Waals surface area contributed by atoms with E-state index in [1.54, 1.807) is 6.08 Å². The molecule has 1 atom stereocenters. The Labute approximate surface area is 126 Å². The van der Waals surface area contributed by atoms with E-state index in [4.69, 9.17) is 9.47 Å². The third-order valence-corrected chi connectivity index (χ3v) is 3.13. The van der Waals surface area contributed by atoms with Gasteiger partial charge in [0.25, 0.3) is 0 Å². The van der Waals surface area contributed by atoms with Gasteiger partial charge in [-0.15, -0.1) is 0 Å². The van der Waals surface area contributed by atoms with Crippen LogP contribution >= 0.6 is 0 Å². The van der Waals surface area contributed by atoms with Crippen LogP contribution in [-0.4, -0.2) is 69.4 Å². The van der Waals surface area contributed by atoms with E-state index in [9.17, 15) is 4.79 Å². The van der Waals surface area contributed by atoms with Crippen molar-refractivity contribution in [3.05, 3.63) is 12.2 Å². The lowest BCUT2D eigenvalue weighted by molar-refractivity contribution is -0.139. The van der Waals surface area contributed by atoms with E-state index in [1.165, 1.54) is 7.11 Å². The molecule has 0 aliphatic carbocycles. The lowest BCUT2D eigenvalue weighted by Gasteiger charge is -2.26. The van der Waals surface area contributed by atoms with Gasteiger partial charge >= 0.3 is 5.97 Å². The predicted molar refractivity (Wildman–Crippen MR) is 81.6 cm³/mol. The van der Waals surface area contributed by atoms with Crippen LogP contribution in [0.5, 0.6) is 0 Å². The van der Waals surface area contributed by atoms with Crippen LogP contribution in [0.25, 0.3) is 0 Å². The molecule has 1 saturated heterocycles. The summed E-state index contributed by atoms with van der Waals surface area (Å²) in [6.45, 7) is 8.74. The largest absolute Gasteiger partial charge is 0.469 e. The SMILES string of the molecule is C/C=C\C(CC(=O)OC)=N/C(C)OCCN1CCOCC1. The smallest absolute Gasteiger partial charge is 0.311 e. The second kappa shape index (κ2) is 10.5. The number of methoxy groups -OCH3 is 1. The number of ether oxygens (including phenoxy) is 3. The molecule has 6 nitrogen and oxygen atoms in total. The fraction of sp³-hybridized carbons (Fsp3) is 0.733. The maximum Gasteiger partial charge on any atom is 0.311 e. The molecule has 1 fully saturated rings. The Balaban J connectivity index is 2.34. The highest BCUT2D eigenvalue weighted by atomic mass is 16.5. The number of carbonyl (C=O) groups excluding carboxylic acids is 1. The maximum atomic E-state index is 11.3. The average molecular weight is 298 g/mol. The summed E-state index contributed by atoms with van der Waals surface area (Å²) >= 11 is 0. The first-order valence-corrected chi connectivity index (χ1v) is 7.33. The number of morpholine rings is 1. The third-order valence-electron chi connectivity index (χ3n) is 3.13. The molecule has 0 amide bonds. The minimum Gasteiger partial charge on any atom is -0.469 e. The second-order valence-corrected chi connectivity index (χ2v) is 4.80. The van der Waals surface area contributed by atoms with Crippen LogP contribution in [0.1, 0.15) is 20.3 Å². The minimum absolute atomic E-state index is 0.165. The lowest BCUT2D eigenvalue weighted by atomic mass is 10.2. The monoisotopic (exact) mass is 298 g/mol. The molecule has 6 heteroatoms. The van der Waals surface area contributed by atoms with Crippen molar-refractivity contribution in [2.75, 3.05) is 46.6 Å². The summed E-state index contributed by atoms with van der Waals surface area (Å²) in [7, 11) is 1.37. The third kappa shape index (κ3) is 7.94. The molecular formula is C15H26N2O4. The molecule has 1 rings (SSSR count). The zero-order chi connectivity index (χ0) is 15.5. The first kappa shape index (κ1) is 17.8. The highest BCUT2D eigenvalue weighted by molar-refractivity contribution is 6.05. The second-order valence-electron chi connectivity index (χ2n) is 4.80. The van der Waals surface area contributed by atoms with Crippen LogP contribution in [0.3, 0.4) is 0 Å². The number of nitrogens with zero attached hydrogens (tertiary/aromatic N) is 2. The molecule has 1 unspecified atom stereocenters. The summed E-state index contributed by atoms with van der Waals surface area (Å²) in [4.78, 5) is 18.0. The summed E-state index contributed by atoms with van der Waals surface area (Å²) in [5.41, 5.74) is 0.670. The van der Waals surface area contributed by atoms with Gasteiger partial charge in [-0.1, -0.05) is 6.08 Å². The van der Waals surface area contributed by atoms with Crippen molar-refractivity contribution >= 4 is 11.7 Å². The lowest BCUT2D eigenvalue weighted by Crippen LogP contribution is -2.38. The van der Waals surface area contributed by atoms with E-state index in [1.807, 2.05) is 19.9 Å². The van der Waals surface area contributed by atoms with Crippen LogP contribution in [0, 0.1) is 0 Å². The van der Waals surface area contributed by atoms with Gasteiger partial charge in [-0.2, -0.15) is 0 Å². The van der Waals surface area contributed by atoms with Crippen LogP contribution in [0.4, 0.5) is 0 Å². The highest BCUT2D eigenvalue weighted by Gasteiger charge is 2.11. The Morgan fingerprint density at radius 1 is 1.43 bits per heavy atom. The van der Waals surface area contributed by atoms with Gasteiger partial charge in [-0.3, -0.25) is 14.7 Å². The number of esters is 1. The van der Waals surface area contributed by atoms with Gasteiger partial charge in [0.05, 0.1) is 33.4 Å². The van der Waals surface area contributed by atoms with Gasteiger partial charge in [0.2, 0.25) is 0 Å². The molecule has 120 valence electrons. The van der Waals surface area contributed by atoms with Crippen molar-refractivity contribution in [2.45, 2.75) is 26.5 Å². The van der Waals surface area contributed by atoms with Crippen molar-refractivity contribution in [3.8, 4) is 0 Å². The fourth-order valence-electron chi connectivity index (χ4n) is 2.01. The van der Waals surface area contributed by atoms with E-state index >= 15 is 0 Å². The van der Waals surface area contributed by atoms with Gasteiger partial charge in [0.15, 0.2) is 0 Å². The Bertz CT molecular complexity index is 363. The van der Waals surface area contributed by atoms with Crippen LogP contribution in [0.2, 0.25) is 0 Å². The number of rotatable bonds is 8. The molecule has 0 bridgehead atoms. The number of carbonyl (C=O) groups is 1. The molecular weight excluding hydrogens is 272 g/mol. The average Bonchev–Trinajstić information content (AvgIpc) is 2.48. The van der Waals surface area contributed by atoms with Crippen LogP contribution in [0.15, 0.2) is 17.1 Å². The zero-order valence-electron chi connectivity index (χ0n) is 13.2. The standard InChI is InChI=1S/C15H26N2O4/c1-4-5-14(12-15(18)19-3)16-13(2)21-11-8-17-6-9-20-10-7-17/h4-5,13H,6-12H2,1-3H3/b5-4-,16-14+. The molecule has 1 heterocycles. The van der Waals surface area contributed by atoms with Crippen molar-refractivity contribution in [1.29, 1.82) is 0 Å². The number of aliphatic imine (C=N–C) groups is 1. The molecule has 0 saturated carbocycles. The predicted octanol–water partition coefficient (Wildman–Crippen LogP) is 1.26. The topological polar surface area (TPSA) is 60.4 Å². The molecule has 0 aromatic heterocycles. The van der Waals surface area contributed by atoms with Gasteiger partial charge < -0.3 is 14.2 Å². The number of hydrogen-bond donors (Lipinski definition) is 0. The molecule has 1 aliphatic heterocycles. The quantitative estimate of drug-likeness (QED) is 0.499. The van der Waals surface area contributed by atoms with Crippen molar-refractivity contribution in [3.63, 3.8) is 0 Å². The van der Waals surface area contributed by atoms with Crippen molar-refractivity contribution in [1.82, 2.24) is 4.90 Å². The van der Waals surface area contributed by atoms with Gasteiger partial charge in [-0.05, 0) is 19.9 Å². The molecule has 1 aliphatic rings. The molecule has 0 aromatic carbocycles. The van der Waals surface area contributed by atoms with Gasteiger partial charge in [0, 0.05) is 25.3 Å². The van der Waals surface area contributed by atoms with Crippen molar-refractivity contribution in [2.24, 2.45) is 4.99 Å². The Hall–Kier alpha value is -1.24. The van der Waals surface area contributed by atoms with Crippen LogP contribution < -0.4 is 0 Å². The molecule has 0 aromatic rings. The highest BCUT2D eigenvalue weighted by Crippen LogP contribution is 2.01. The molecule has 21 heavy (non-hydrogen) atoms. The first-order chi connectivity index (χ1) is 10.2. The van der Waals surface area contributed by atoms with Gasteiger partial charge in [0.1, 0.15) is 6.23 Å². The Kier molecular flexibility index (Phi) is 8.89. The van der Waals surface area contributed by atoms with E-state index < -0.39 is 0 Å². The number of allylic oxidation sites excluding steroid dienone is 2. The van der Waals surface area contributed by atoms with E-state index in [0.29, 0.717) is 12.3 Å². The number of hydrogen-bond acceptors (Lipinski definition) is 6. The Morgan fingerprint density at radius 3 is 2.76 bits per heavy atom. The molecule has 0 spiro atoms. The van der Waals surface area contributed by atoms with Crippen molar-refractivity contribution < 1.29 is 19.0 Å².